The van der Waals surface area contributed by atoms with Gasteiger partial charge in [0.05, 0.1) is 3.70 Å². The van der Waals surface area contributed by atoms with Crippen LogP contribution in [0.1, 0.15) is 50.7 Å². The number of aromatic nitrogens is 2. The van der Waals surface area contributed by atoms with Gasteiger partial charge in [-0.15, -0.1) is 0 Å². The molecule has 5 nitrogen and oxygen atoms in total. The maximum Gasteiger partial charge on any atom is 0.410 e. The number of hydrogen-bond acceptors (Lipinski definition) is 3. The number of ether oxygens (including phenoxy) is 1. The molecule has 24 heavy (non-hydrogen) atoms. The van der Waals surface area contributed by atoms with Crippen LogP contribution in [0.25, 0.3) is 11.0 Å². The molecule has 6 heteroatoms. The number of hydrogen-bond donors (Lipinski definition) is 1. The molecule has 1 unspecified atom stereocenters. The van der Waals surface area contributed by atoms with E-state index in [1.165, 1.54) is 10.9 Å². The van der Waals surface area contributed by atoms with E-state index in [0.29, 0.717) is 12.5 Å². The third kappa shape index (κ3) is 3.68. The van der Waals surface area contributed by atoms with Gasteiger partial charge in [-0.2, -0.15) is 0 Å². The van der Waals surface area contributed by atoms with E-state index >= 15 is 0 Å². The average Bonchev–Trinajstić information content (AvgIpc) is 2.81. The average molecular weight is 441 g/mol. The number of fused-ring (bicyclic) bond motifs is 1. The van der Waals surface area contributed by atoms with E-state index in [4.69, 9.17) is 4.74 Å². The molecule has 3 rings (SSSR count). The van der Waals surface area contributed by atoms with Crippen LogP contribution in [-0.2, 0) is 4.74 Å². The molecule has 0 spiro atoms. The summed E-state index contributed by atoms with van der Waals surface area (Å²) in [5, 5.41) is 1.18. The largest absolute Gasteiger partial charge is 0.444 e. The molecular formula is C18H24IN3O2. The molecule has 0 saturated carbocycles. The summed E-state index contributed by atoms with van der Waals surface area (Å²) in [5.41, 5.74) is 2.91. The highest BCUT2D eigenvalue weighted by Crippen LogP contribution is 2.35. The third-order valence-electron chi connectivity index (χ3n) is 4.26. The Labute approximate surface area is 156 Å². The van der Waals surface area contributed by atoms with Crippen LogP contribution in [-0.4, -0.2) is 39.7 Å². The lowest BCUT2D eigenvalue weighted by molar-refractivity contribution is 0.0198. The highest BCUT2D eigenvalue weighted by Gasteiger charge is 2.30. The quantitative estimate of drug-likeness (QED) is 0.659. The van der Waals surface area contributed by atoms with Crippen molar-refractivity contribution in [3.8, 4) is 0 Å². The number of rotatable bonds is 1. The van der Waals surface area contributed by atoms with Crippen LogP contribution in [0.2, 0.25) is 0 Å². The first kappa shape index (κ1) is 17.5. The molecule has 1 atom stereocenters. The fourth-order valence-corrected chi connectivity index (χ4v) is 4.25. The Bertz CT molecular complexity index is 763. The zero-order valence-electron chi connectivity index (χ0n) is 14.6. The molecule has 3 heterocycles. The number of piperidine rings is 1. The van der Waals surface area contributed by atoms with E-state index in [1.54, 1.807) is 0 Å². The van der Waals surface area contributed by atoms with Crippen molar-refractivity contribution in [3.05, 3.63) is 27.1 Å². The lowest BCUT2D eigenvalue weighted by Gasteiger charge is -2.34. The van der Waals surface area contributed by atoms with Crippen LogP contribution in [0.5, 0.6) is 0 Å². The van der Waals surface area contributed by atoms with Crippen molar-refractivity contribution in [3.63, 3.8) is 0 Å². The molecular weight excluding hydrogens is 417 g/mol. The number of H-pyrrole nitrogens is 1. The second kappa shape index (κ2) is 6.54. The minimum Gasteiger partial charge on any atom is -0.444 e. The summed E-state index contributed by atoms with van der Waals surface area (Å²) in [6.45, 7) is 9.24. The van der Waals surface area contributed by atoms with Gasteiger partial charge < -0.3 is 14.6 Å². The second-order valence-electron chi connectivity index (χ2n) is 7.53. The summed E-state index contributed by atoms with van der Waals surface area (Å²) in [7, 11) is 0. The van der Waals surface area contributed by atoms with E-state index in [1.807, 2.05) is 31.9 Å². The molecule has 2 aromatic rings. The normalized spacial score (nSPS) is 18.9. The van der Waals surface area contributed by atoms with Gasteiger partial charge in [-0.1, -0.05) is 0 Å². The first-order valence-electron chi connectivity index (χ1n) is 8.36. The Kier molecular flexibility index (Phi) is 4.77. The molecule has 130 valence electrons. The standard InChI is InChI=1S/C18H24IN3O2/c1-11-8-13-14(15(19)21-16(13)20-9-11)12-6-5-7-22(10-12)17(23)24-18(2,3)4/h8-9,12H,5-7,10H2,1-4H3,(H,20,21). The number of nitrogens with one attached hydrogen (secondary N) is 1. The van der Waals surface area contributed by atoms with Gasteiger partial charge in [-0.3, -0.25) is 0 Å². The maximum atomic E-state index is 12.4. The fraction of sp³-hybridized carbons (Fsp3) is 0.556. The van der Waals surface area contributed by atoms with Crippen LogP contribution in [0.3, 0.4) is 0 Å². The van der Waals surface area contributed by atoms with Crippen molar-refractivity contribution in [1.82, 2.24) is 14.9 Å². The zero-order valence-corrected chi connectivity index (χ0v) is 16.8. The van der Waals surface area contributed by atoms with E-state index in [0.717, 1.165) is 34.3 Å². The van der Waals surface area contributed by atoms with Crippen molar-refractivity contribution in [2.24, 2.45) is 0 Å². The molecule has 2 aromatic heterocycles. The molecule has 1 fully saturated rings. The number of carbonyl (C=O) groups excluding carboxylic acids is 1. The Balaban J connectivity index is 1.86. The van der Waals surface area contributed by atoms with Crippen LogP contribution in [0.15, 0.2) is 12.3 Å². The molecule has 0 aromatic carbocycles. The zero-order chi connectivity index (χ0) is 17.5. The van der Waals surface area contributed by atoms with Gasteiger partial charge in [0, 0.05) is 30.6 Å². The van der Waals surface area contributed by atoms with Gasteiger partial charge >= 0.3 is 6.09 Å². The summed E-state index contributed by atoms with van der Waals surface area (Å²) >= 11 is 2.34. The van der Waals surface area contributed by atoms with Gasteiger partial charge in [-0.25, -0.2) is 9.78 Å². The molecule has 1 saturated heterocycles. The van der Waals surface area contributed by atoms with Gasteiger partial charge in [-0.05, 0) is 80.3 Å². The van der Waals surface area contributed by atoms with E-state index < -0.39 is 5.60 Å². The molecule has 1 aliphatic rings. The predicted octanol–water partition coefficient (Wildman–Crippen LogP) is 4.59. The van der Waals surface area contributed by atoms with Crippen LogP contribution < -0.4 is 0 Å². The van der Waals surface area contributed by atoms with Crippen molar-refractivity contribution < 1.29 is 9.53 Å². The Morgan fingerprint density at radius 2 is 2.21 bits per heavy atom. The lowest BCUT2D eigenvalue weighted by atomic mass is 9.90. The third-order valence-corrected chi connectivity index (χ3v) is 5.11. The fourth-order valence-electron chi connectivity index (χ4n) is 3.27. The highest BCUT2D eigenvalue weighted by atomic mass is 127. The summed E-state index contributed by atoms with van der Waals surface area (Å²) in [6.07, 6.45) is 3.74. The minimum atomic E-state index is -0.458. The van der Waals surface area contributed by atoms with Crippen molar-refractivity contribution in [1.29, 1.82) is 0 Å². The van der Waals surface area contributed by atoms with Gasteiger partial charge in [0.25, 0.3) is 0 Å². The summed E-state index contributed by atoms with van der Waals surface area (Å²) in [4.78, 5) is 22.1. The lowest BCUT2D eigenvalue weighted by Crippen LogP contribution is -2.42. The number of halogens is 1. The first-order chi connectivity index (χ1) is 11.2. The maximum absolute atomic E-state index is 12.4. The molecule has 1 N–H and O–H groups in total. The number of nitrogens with zero attached hydrogens (tertiary/aromatic N) is 2. The summed E-state index contributed by atoms with van der Waals surface area (Å²) in [6, 6.07) is 2.18. The Morgan fingerprint density at radius 3 is 2.92 bits per heavy atom. The Hall–Kier alpha value is -1.31. The van der Waals surface area contributed by atoms with Crippen molar-refractivity contribution in [2.75, 3.05) is 13.1 Å². The van der Waals surface area contributed by atoms with Crippen LogP contribution in [0.4, 0.5) is 4.79 Å². The number of aromatic amines is 1. The van der Waals surface area contributed by atoms with Gasteiger partial charge in [0.15, 0.2) is 0 Å². The number of carbonyl (C=O) groups is 1. The minimum absolute atomic E-state index is 0.212. The van der Waals surface area contributed by atoms with Gasteiger partial charge in [0.1, 0.15) is 11.2 Å². The molecule has 0 bridgehead atoms. The molecule has 0 aliphatic carbocycles. The number of amides is 1. The SMILES string of the molecule is Cc1cnc2[nH]c(I)c(C3CCCN(C(=O)OC(C)(C)C)C3)c2c1. The summed E-state index contributed by atoms with van der Waals surface area (Å²) in [5.74, 6) is 0.315. The number of pyridine rings is 1. The number of aryl methyl sites for hydroxylation is 1. The second-order valence-corrected chi connectivity index (χ2v) is 8.61. The van der Waals surface area contributed by atoms with E-state index in [2.05, 4.69) is 45.5 Å². The first-order valence-corrected chi connectivity index (χ1v) is 9.44. The predicted molar refractivity (Wildman–Crippen MR) is 103 cm³/mol. The van der Waals surface area contributed by atoms with Gasteiger partial charge in [0.2, 0.25) is 0 Å². The topological polar surface area (TPSA) is 58.2 Å². The van der Waals surface area contributed by atoms with E-state index in [-0.39, 0.29) is 6.09 Å². The molecule has 0 radical (unpaired) electrons. The van der Waals surface area contributed by atoms with Crippen LogP contribution in [0, 0.1) is 10.6 Å². The molecule has 1 amide bonds. The smallest absolute Gasteiger partial charge is 0.410 e. The highest BCUT2D eigenvalue weighted by molar-refractivity contribution is 14.1. The van der Waals surface area contributed by atoms with E-state index in [9.17, 15) is 4.79 Å². The van der Waals surface area contributed by atoms with Crippen LogP contribution >= 0.6 is 22.6 Å². The summed E-state index contributed by atoms with van der Waals surface area (Å²) < 4.78 is 6.67. The monoisotopic (exact) mass is 441 g/mol. The molecule has 1 aliphatic heterocycles. The van der Waals surface area contributed by atoms with Crippen molar-refractivity contribution >= 4 is 39.7 Å². The van der Waals surface area contributed by atoms with Crippen molar-refractivity contribution in [2.45, 2.75) is 52.1 Å². The Morgan fingerprint density at radius 1 is 1.46 bits per heavy atom. The number of likely N-dealkylation sites (tertiary alicyclic amines) is 1.